The van der Waals surface area contributed by atoms with E-state index in [1.807, 2.05) is 32.9 Å². The smallest absolute Gasteiger partial charge is 0.410 e. The van der Waals surface area contributed by atoms with Crippen LogP contribution < -0.4 is 14.5 Å². The minimum Gasteiger partial charge on any atom is -0.462 e. The number of hydrogen-bond donors (Lipinski definition) is 0. The molecule has 0 unspecified atom stereocenters. The van der Waals surface area contributed by atoms with Crippen LogP contribution in [0.3, 0.4) is 0 Å². The average Bonchev–Trinajstić information content (AvgIpc) is 3.63. The Bertz CT molecular complexity index is 1490. The van der Waals surface area contributed by atoms with Gasteiger partial charge in [-0.2, -0.15) is 9.97 Å². The minimum atomic E-state index is -0.521. The molecular weight excluding hydrogens is 564 g/mol. The summed E-state index contributed by atoms with van der Waals surface area (Å²) in [5.41, 5.74) is 2.71. The van der Waals surface area contributed by atoms with Crippen molar-refractivity contribution in [1.29, 1.82) is 0 Å². The lowest BCUT2D eigenvalue weighted by molar-refractivity contribution is 0.0292. The third-order valence-corrected chi connectivity index (χ3v) is 9.28. The molecule has 9 nitrogen and oxygen atoms in total. The lowest BCUT2D eigenvalue weighted by Crippen LogP contribution is -2.40. The number of rotatable bonds is 6. The van der Waals surface area contributed by atoms with Gasteiger partial charge in [0.1, 0.15) is 18.0 Å². The van der Waals surface area contributed by atoms with Gasteiger partial charge in [0.25, 0.3) is 0 Å². The van der Waals surface area contributed by atoms with E-state index in [0.717, 1.165) is 70.9 Å². The molecule has 2 saturated heterocycles. The summed E-state index contributed by atoms with van der Waals surface area (Å²) in [6.07, 6.45) is 3.68. The highest BCUT2D eigenvalue weighted by atomic mass is 35.5. The van der Waals surface area contributed by atoms with Crippen molar-refractivity contribution in [1.82, 2.24) is 19.8 Å². The molecule has 2 atom stereocenters. The summed E-state index contributed by atoms with van der Waals surface area (Å²) in [5, 5.41) is 2.94. The number of benzene rings is 2. The summed E-state index contributed by atoms with van der Waals surface area (Å²) in [5.74, 6) is 0.895. The molecule has 2 fully saturated rings. The second kappa shape index (κ2) is 12.0. The van der Waals surface area contributed by atoms with E-state index in [-0.39, 0.29) is 12.1 Å². The summed E-state index contributed by atoms with van der Waals surface area (Å²) >= 11 is 6.71. The number of likely N-dealkylation sites (N-methyl/N-ethyl adjacent to an activating group) is 2. The Balaban J connectivity index is 1.29. The van der Waals surface area contributed by atoms with Crippen molar-refractivity contribution in [2.75, 3.05) is 56.7 Å². The van der Waals surface area contributed by atoms with Crippen LogP contribution in [0.25, 0.3) is 10.8 Å². The highest BCUT2D eigenvalue weighted by Gasteiger charge is 2.35. The maximum Gasteiger partial charge on any atom is 0.410 e. The fourth-order valence-corrected chi connectivity index (χ4v) is 6.85. The Hall–Kier alpha value is -3.30. The van der Waals surface area contributed by atoms with E-state index in [0.29, 0.717) is 38.3 Å². The number of hydrogen-bond acceptors (Lipinski definition) is 8. The van der Waals surface area contributed by atoms with Crippen molar-refractivity contribution >= 4 is 40.0 Å². The molecule has 0 N–H and O–H groups in total. The standard InChI is InChI=1S/C33H43ClN6O3/c1-33(2,3)43-32(41)40-17-14-23(19-40)38(5)30-25-15-18-39(28-13-7-10-22-9-6-12-26(34)29(22)28)20-27(25)35-31(36-30)42-21-24-11-8-16-37(24)4/h6-7,9-10,12-13,23-24H,8,11,14-21H2,1-5H3/t23-,24+/m1/s1. The predicted molar refractivity (Wildman–Crippen MR) is 172 cm³/mol. The van der Waals surface area contributed by atoms with E-state index >= 15 is 0 Å². The molecule has 0 saturated carbocycles. The van der Waals surface area contributed by atoms with Crippen LogP contribution in [0.2, 0.25) is 5.02 Å². The van der Waals surface area contributed by atoms with Crippen molar-refractivity contribution in [2.45, 2.75) is 70.7 Å². The van der Waals surface area contributed by atoms with Crippen LogP contribution in [0.15, 0.2) is 36.4 Å². The monoisotopic (exact) mass is 606 g/mol. The summed E-state index contributed by atoms with van der Waals surface area (Å²) in [7, 11) is 4.23. The normalized spacial score (nSPS) is 20.9. The van der Waals surface area contributed by atoms with Crippen molar-refractivity contribution in [3.8, 4) is 6.01 Å². The Kier molecular flexibility index (Phi) is 8.31. The van der Waals surface area contributed by atoms with Gasteiger partial charge in [-0.3, -0.25) is 0 Å². The van der Waals surface area contributed by atoms with Gasteiger partial charge in [0.15, 0.2) is 0 Å². The second-order valence-corrected chi connectivity index (χ2v) is 13.5. The Morgan fingerprint density at radius 2 is 1.88 bits per heavy atom. The Labute approximate surface area is 259 Å². The topological polar surface area (TPSA) is 74.3 Å². The molecule has 3 aromatic rings. The van der Waals surface area contributed by atoms with E-state index < -0.39 is 5.60 Å². The largest absolute Gasteiger partial charge is 0.462 e. The lowest BCUT2D eigenvalue weighted by atomic mass is 10.0. The van der Waals surface area contributed by atoms with Crippen molar-refractivity contribution in [3.05, 3.63) is 52.7 Å². The predicted octanol–water partition coefficient (Wildman–Crippen LogP) is 5.76. The van der Waals surface area contributed by atoms with Crippen LogP contribution in [-0.4, -0.2) is 90.4 Å². The molecule has 3 aliphatic heterocycles. The van der Waals surface area contributed by atoms with Gasteiger partial charge in [-0.25, -0.2) is 4.79 Å². The molecular formula is C33H43ClN6O3. The molecule has 230 valence electrons. The fourth-order valence-electron chi connectivity index (χ4n) is 6.57. The van der Waals surface area contributed by atoms with Gasteiger partial charge in [0.2, 0.25) is 0 Å². The molecule has 0 bridgehead atoms. The third-order valence-electron chi connectivity index (χ3n) is 8.97. The van der Waals surface area contributed by atoms with Crippen LogP contribution in [0.4, 0.5) is 16.3 Å². The molecule has 6 rings (SSSR count). The van der Waals surface area contributed by atoms with E-state index in [2.05, 4.69) is 53.1 Å². The molecule has 10 heteroatoms. The first-order valence-electron chi connectivity index (χ1n) is 15.4. The van der Waals surface area contributed by atoms with E-state index in [1.54, 1.807) is 4.90 Å². The summed E-state index contributed by atoms with van der Waals surface area (Å²) in [6.45, 7) is 10.1. The molecule has 0 spiro atoms. The van der Waals surface area contributed by atoms with Gasteiger partial charge in [-0.05, 0) is 77.6 Å². The van der Waals surface area contributed by atoms with Crippen LogP contribution in [-0.2, 0) is 17.7 Å². The number of amides is 1. The number of halogens is 1. The number of fused-ring (bicyclic) bond motifs is 2. The third kappa shape index (κ3) is 6.34. The zero-order chi connectivity index (χ0) is 30.3. The van der Waals surface area contributed by atoms with Crippen molar-refractivity contribution < 1.29 is 14.3 Å². The number of aromatic nitrogens is 2. The fraction of sp³-hybridized carbons (Fsp3) is 0.545. The van der Waals surface area contributed by atoms with Gasteiger partial charge < -0.3 is 29.1 Å². The summed E-state index contributed by atoms with van der Waals surface area (Å²) < 4.78 is 12.0. The highest BCUT2D eigenvalue weighted by Crippen LogP contribution is 2.37. The molecule has 43 heavy (non-hydrogen) atoms. The highest BCUT2D eigenvalue weighted by molar-refractivity contribution is 6.36. The molecule has 4 heterocycles. The van der Waals surface area contributed by atoms with Gasteiger partial charge in [-0.1, -0.05) is 35.9 Å². The zero-order valence-electron chi connectivity index (χ0n) is 26.0. The van der Waals surface area contributed by atoms with Gasteiger partial charge in [0.05, 0.1) is 17.3 Å². The first kappa shape index (κ1) is 29.8. The number of ether oxygens (including phenoxy) is 2. The molecule has 2 aromatic carbocycles. The Morgan fingerprint density at radius 1 is 1.09 bits per heavy atom. The molecule has 3 aliphatic rings. The SMILES string of the molecule is CN1CCC[C@H]1COc1nc2c(c(N(C)[C@@H]3CCN(C(=O)OC(C)(C)C)C3)n1)CCN(c1cccc3cccc(Cl)c13)C2. The second-order valence-electron chi connectivity index (χ2n) is 13.1. The maximum atomic E-state index is 12.8. The van der Waals surface area contributed by atoms with Crippen molar-refractivity contribution in [3.63, 3.8) is 0 Å². The first-order valence-corrected chi connectivity index (χ1v) is 15.8. The zero-order valence-corrected chi connectivity index (χ0v) is 26.7. The van der Waals surface area contributed by atoms with Gasteiger partial charge in [-0.15, -0.1) is 0 Å². The number of carbonyl (C=O) groups excluding carboxylic acids is 1. The van der Waals surface area contributed by atoms with Crippen LogP contribution in [0.5, 0.6) is 6.01 Å². The quantitative estimate of drug-likeness (QED) is 0.350. The van der Waals surface area contributed by atoms with Crippen LogP contribution >= 0.6 is 11.6 Å². The number of nitrogens with zero attached hydrogens (tertiary/aromatic N) is 6. The van der Waals surface area contributed by atoms with Crippen LogP contribution in [0, 0.1) is 0 Å². The van der Waals surface area contributed by atoms with E-state index in [4.69, 9.17) is 31.0 Å². The molecule has 0 aliphatic carbocycles. The Morgan fingerprint density at radius 3 is 2.63 bits per heavy atom. The molecule has 1 amide bonds. The number of likely N-dealkylation sites (tertiary alicyclic amines) is 2. The van der Waals surface area contributed by atoms with Crippen LogP contribution in [0.1, 0.15) is 51.3 Å². The maximum absolute atomic E-state index is 12.8. The lowest BCUT2D eigenvalue weighted by Gasteiger charge is -2.35. The van der Waals surface area contributed by atoms with Gasteiger partial charge in [0, 0.05) is 55.4 Å². The van der Waals surface area contributed by atoms with Crippen molar-refractivity contribution in [2.24, 2.45) is 0 Å². The molecule has 0 radical (unpaired) electrons. The number of anilines is 2. The van der Waals surface area contributed by atoms with E-state index in [9.17, 15) is 4.79 Å². The van der Waals surface area contributed by atoms with E-state index in [1.165, 1.54) is 6.42 Å². The minimum absolute atomic E-state index is 0.121. The van der Waals surface area contributed by atoms with Gasteiger partial charge >= 0.3 is 12.1 Å². The average molecular weight is 607 g/mol. The summed E-state index contributed by atoms with van der Waals surface area (Å²) in [6, 6.07) is 13.3. The summed E-state index contributed by atoms with van der Waals surface area (Å²) in [4.78, 5) is 31.5. The first-order chi connectivity index (χ1) is 20.6. The molecule has 1 aromatic heterocycles. The number of carbonyl (C=O) groups is 1.